The number of rotatable bonds is 7. The van der Waals surface area contributed by atoms with Crippen LogP contribution in [0.4, 0.5) is 0 Å². The molecule has 0 spiro atoms. The van der Waals surface area contributed by atoms with Gasteiger partial charge in [0.05, 0.1) is 11.1 Å². The fraction of sp³-hybridized carbons (Fsp3) is 0.406. The molecule has 0 unspecified atom stereocenters. The summed E-state index contributed by atoms with van der Waals surface area (Å²) >= 11 is 0. The van der Waals surface area contributed by atoms with Crippen molar-refractivity contribution in [3.8, 4) is 11.5 Å². The molecule has 38 heavy (non-hydrogen) atoms. The van der Waals surface area contributed by atoms with Gasteiger partial charge in [-0.2, -0.15) is 0 Å². The Morgan fingerprint density at radius 1 is 0.974 bits per heavy atom. The number of β-amino-alcohol motifs (C(OH)–C–C–N with tert-alkyl or cyclic N) is 1. The van der Waals surface area contributed by atoms with Crippen LogP contribution in [0.2, 0.25) is 0 Å². The van der Waals surface area contributed by atoms with Gasteiger partial charge in [-0.3, -0.25) is 4.79 Å². The third-order valence-electron chi connectivity index (χ3n) is 8.13. The summed E-state index contributed by atoms with van der Waals surface area (Å²) in [4.78, 5) is 17.1. The molecule has 1 atom stereocenters. The maximum absolute atomic E-state index is 12.9. The van der Waals surface area contributed by atoms with E-state index in [2.05, 4.69) is 47.4 Å². The molecule has 0 aliphatic carbocycles. The Morgan fingerprint density at radius 3 is 2.58 bits per heavy atom. The molecule has 2 fully saturated rings. The summed E-state index contributed by atoms with van der Waals surface area (Å²) in [6.07, 6.45) is 5.61. The first-order valence-corrected chi connectivity index (χ1v) is 13.9. The molecule has 3 aromatic carbocycles. The molecule has 198 valence electrons. The summed E-state index contributed by atoms with van der Waals surface area (Å²) in [7, 11) is 0. The number of benzene rings is 3. The average molecular weight is 513 g/mol. The molecule has 6 rings (SSSR count). The van der Waals surface area contributed by atoms with Crippen LogP contribution in [-0.2, 0) is 4.79 Å². The number of carbonyl (C=O) groups excluding carboxylic acids is 1. The highest BCUT2D eigenvalue weighted by Gasteiger charge is 2.26. The highest BCUT2D eigenvalue weighted by Crippen LogP contribution is 2.35. The van der Waals surface area contributed by atoms with Gasteiger partial charge >= 0.3 is 0 Å². The zero-order valence-corrected chi connectivity index (χ0v) is 21.9. The van der Waals surface area contributed by atoms with Gasteiger partial charge in [-0.05, 0) is 79.2 Å². The van der Waals surface area contributed by atoms with Crippen LogP contribution in [0.3, 0.4) is 0 Å². The van der Waals surface area contributed by atoms with E-state index in [0.29, 0.717) is 29.5 Å². The monoisotopic (exact) mass is 512 g/mol. The number of hydrogen-bond acceptors (Lipinski definition) is 5. The van der Waals surface area contributed by atoms with Crippen molar-refractivity contribution in [1.29, 1.82) is 0 Å². The first kappa shape index (κ1) is 25.0. The van der Waals surface area contributed by atoms with Gasteiger partial charge in [0, 0.05) is 19.6 Å². The molecule has 2 saturated heterocycles. The predicted octanol–water partition coefficient (Wildman–Crippen LogP) is 4.86. The normalized spacial score (nSPS) is 19.1. The summed E-state index contributed by atoms with van der Waals surface area (Å²) in [6.45, 7) is 4.62. The van der Waals surface area contributed by atoms with Crippen molar-refractivity contribution in [2.45, 2.75) is 37.7 Å². The summed E-state index contributed by atoms with van der Waals surface area (Å²) in [5.41, 5.74) is 2.86. The SMILES string of the molecule is O=C(C1=Cc2c(cccc2OC[C@@H](O)CN2CCC(c3ccc4ccccc4c3)CC2)OC1)N1CCCC1. The van der Waals surface area contributed by atoms with E-state index in [1.54, 1.807) is 0 Å². The molecule has 3 aliphatic rings. The van der Waals surface area contributed by atoms with E-state index in [0.717, 1.165) is 57.4 Å². The Labute approximate surface area is 224 Å². The van der Waals surface area contributed by atoms with Gasteiger partial charge < -0.3 is 24.4 Å². The minimum Gasteiger partial charge on any atom is -0.490 e. The number of nitrogens with zero attached hydrogens (tertiary/aromatic N) is 2. The highest BCUT2D eigenvalue weighted by atomic mass is 16.5. The van der Waals surface area contributed by atoms with Gasteiger partial charge in [0.15, 0.2) is 0 Å². The van der Waals surface area contributed by atoms with Crippen LogP contribution in [0.5, 0.6) is 11.5 Å². The molecule has 0 aromatic heterocycles. The van der Waals surface area contributed by atoms with Crippen molar-refractivity contribution >= 4 is 22.8 Å². The molecule has 0 bridgehead atoms. The van der Waals surface area contributed by atoms with Gasteiger partial charge in [-0.1, -0.05) is 48.5 Å². The number of amides is 1. The lowest BCUT2D eigenvalue weighted by Crippen LogP contribution is -2.40. The van der Waals surface area contributed by atoms with E-state index in [9.17, 15) is 9.90 Å². The second kappa shape index (κ2) is 11.2. The van der Waals surface area contributed by atoms with Crippen molar-refractivity contribution < 1.29 is 19.4 Å². The second-order valence-electron chi connectivity index (χ2n) is 10.8. The maximum Gasteiger partial charge on any atom is 0.253 e. The molecule has 0 radical (unpaired) electrons. The van der Waals surface area contributed by atoms with Gasteiger partial charge in [-0.15, -0.1) is 0 Å². The number of hydrogen-bond donors (Lipinski definition) is 1. The molecule has 6 heteroatoms. The number of aliphatic hydroxyl groups excluding tert-OH is 1. The van der Waals surface area contributed by atoms with Gasteiger partial charge in [0.2, 0.25) is 0 Å². The largest absolute Gasteiger partial charge is 0.490 e. The third-order valence-corrected chi connectivity index (χ3v) is 8.13. The Hall–Kier alpha value is -3.35. The average Bonchev–Trinajstić information content (AvgIpc) is 3.51. The Morgan fingerprint density at radius 2 is 1.76 bits per heavy atom. The second-order valence-corrected chi connectivity index (χ2v) is 10.8. The number of fused-ring (bicyclic) bond motifs is 2. The van der Waals surface area contributed by atoms with E-state index < -0.39 is 6.10 Å². The fourth-order valence-electron chi connectivity index (χ4n) is 5.98. The summed E-state index contributed by atoms with van der Waals surface area (Å²) in [5.74, 6) is 1.97. The number of aliphatic hydroxyl groups is 1. The van der Waals surface area contributed by atoms with Gasteiger partial charge in [-0.25, -0.2) is 0 Å². The fourth-order valence-corrected chi connectivity index (χ4v) is 5.98. The molecule has 1 amide bonds. The predicted molar refractivity (Wildman–Crippen MR) is 150 cm³/mol. The molecule has 3 heterocycles. The van der Waals surface area contributed by atoms with Crippen LogP contribution < -0.4 is 9.47 Å². The first-order chi connectivity index (χ1) is 18.6. The molecule has 0 saturated carbocycles. The summed E-state index contributed by atoms with van der Waals surface area (Å²) in [5, 5.41) is 13.4. The van der Waals surface area contributed by atoms with Crippen molar-refractivity contribution in [3.05, 3.63) is 77.4 Å². The molecule has 6 nitrogen and oxygen atoms in total. The summed E-state index contributed by atoms with van der Waals surface area (Å²) < 4.78 is 12.0. The van der Waals surface area contributed by atoms with Crippen molar-refractivity contribution in [3.63, 3.8) is 0 Å². The third kappa shape index (κ3) is 5.42. The smallest absolute Gasteiger partial charge is 0.253 e. The number of likely N-dealkylation sites (tertiary alicyclic amines) is 2. The highest BCUT2D eigenvalue weighted by molar-refractivity contribution is 5.99. The maximum atomic E-state index is 12.9. The van der Waals surface area contributed by atoms with Crippen LogP contribution in [-0.4, -0.2) is 72.9 Å². The lowest BCUT2D eigenvalue weighted by atomic mass is 9.88. The minimum absolute atomic E-state index is 0.0510. The van der Waals surface area contributed by atoms with E-state index in [1.165, 1.54) is 16.3 Å². The first-order valence-electron chi connectivity index (χ1n) is 13.9. The quantitative estimate of drug-likeness (QED) is 0.490. The minimum atomic E-state index is -0.595. The van der Waals surface area contributed by atoms with Crippen molar-refractivity contribution in [1.82, 2.24) is 9.80 Å². The van der Waals surface area contributed by atoms with E-state index in [1.807, 2.05) is 29.2 Å². The Kier molecular flexibility index (Phi) is 7.34. The zero-order chi connectivity index (χ0) is 25.9. The number of ether oxygens (including phenoxy) is 2. The van der Waals surface area contributed by atoms with Crippen LogP contribution in [0.1, 0.15) is 42.7 Å². The Bertz CT molecular complexity index is 1320. The van der Waals surface area contributed by atoms with Crippen molar-refractivity contribution in [2.24, 2.45) is 0 Å². The van der Waals surface area contributed by atoms with E-state index in [-0.39, 0.29) is 19.1 Å². The molecule has 1 N–H and O–H groups in total. The number of piperidine rings is 1. The summed E-state index contributed by atoms with van der Waals surface area (Å²) in [6, 6.07) is 21.0. The molecule has 3 aromatic rings. The van der Waals surface area contributed by atoms with Gasteiger partial charge in [0.25, 0.3) is 5.91 Å². The lowest BCUT2D eigenvalue weighted by molar-refractivity contribution is -0.126. The lowest BCUT2D eigenvalue weighted by Gasteiger charge is -2.33. The topological polar surface area (TPSA) is 62.2 Å². The standard InChI is InChI=1S/C32H36N2O4/c35-28(20-33-16-12-24(13-17-33)26-11-10-23-6-1-2-7-25(23)18-26)22-38-31-9-5-8-30-29(31)19-27(21-37-30)32(36)34-14-3-4-15-34/h1-2,5-11,18-19,24,28,35H,3-4,12-17,20-22H2/t28-/m0/s1. The van der Waals surface area contributed by atoms with Crippen molar-refractivity contribution in [2.75, 3.05) is 45.9 Å². The van der Waals surface area contributed by atoms with Crippen LogP contribution in [0, 0.1) is 0 Å². The molecular weight excluding hydrogens is 476 g/mol. The molecular formula is C32H36N2O4. The van der Waals surface area contributed by atoms with E-state index >= 15 is 0 Å². The Balaban J connectivity index is 1.03. The number of carbonyl (C=O) groups is 1. The van der Waals surface area contributed by atoms with Gasteiger partial charge in [0.1, 0.15) is 30.8 Å². The van der Waals surface area contributed by atoms with Crippen LogP contribution >= 0.6 is 0 Å². The molecule has 3 aliphatic heterocycles. The zero-order valence-electron chi connectivity index (χ0n) is 21.9. The van der Waals surface area contributed by atoms with Crippen LogP contribution in [0.25, 0.3) is 16.8 Å². The van der Waals surface area contributed by atoms with E-state index in [4.69, 9.17) is 9.47 Å². The van der Waals surface area contributed by atoms with Crippen LogP contribution in [0.15, 0.2) is 66.2 Å².